The zero-order valence-electron chi connectivity index (χ0n) is 12.7. The van der Waals surface area contributed by atoms with E-state index in [2.05, 4.69) is 30.0 Å². The molecule has 20 heavy (non-hydrogen) atoms. The van der Waals surface area contributed by atoms with E-state index in [-0.39, 0.29) is 6.04 Å². The lowest BCUT2D eigenvalue weighted by atomic mass is 10.1. The monoisotopic (exact) mass is 296 g/mol. The summed E-state index contributed by atoms with van der Waals surface area (Å²) in [6, 6.07) is 4.36. The number of nitrogens with one attached hydrogen (secondary N) is 2. The summed E-state index contributed by atoms with van der Waals surface area (Å²) < 4.78 is 27.6. The van der Waals surface area contributed by atoms with Gasteiger partial charge in [0, 0.05) is 18.6 Å². The molecule has 0 aliphatic heterocycles. The number of rotatable bonds is 6. The van der Waals surface area contributed by atoms with Crippen LogP contribution in [0.2, 0.25) is 0 Å². The van der Waals surface area contributed by atoms with Crippen molar-refractivity contribution in [2.24, 2.45) is 0 Å². The van der Waals surface area contributed by atoms with Crippen LogP contribution in [0, 0.1) is 13.8 Å². The summed E-state index contributed by atoms with van der Waals surface area (Å²) in [4.78, 5) is 0.421. The number of sulfonamides is 1. The molecule has 1 aliphatic carbocycles. The van der Waals surface area contributed by atoms with E-state index in [0.29, 0.717) is 17.5 Å². The van der Waals surface area contributed by atoms with Crippen LogP contribution in [0.25, 0.3) is 0 Å². The first-order valence-corrected chi connectivity index (χ1v) is 8.64. The molecule has 1 fully saturated rings. The van der Waals surface area contributed by atoms with Gasteiger partial charge in [0.1, 0.15) is 0 Å². The fourth-order valence-corrected chi connectivity index (χ4v) is 3.76. The van der Waals surface area contributed by atoms with Crippen molar-refractivity contribution in [3.63, 3.8) is 0 Å². The van der Waals surface area contributed by atoms with Crippen LogP contribution < -0.4 is 10.0 Å². The molecule has 1 aromatic carbocycles. The average molecular weight is 296 g/mol. The lowest BCUT2D eigenvalue weighted by Gasteiger charge is -2.15. The van der Waals surface area contributed by atoms with E-state index < -0.39 is 10.0 Å². The van der Waals surface area contributed by atoms with E-state index in [1.54, 1.807) is 6.07 Å². The van der Waals surface area contributed by atoms with Gasteiger partial charge >= 0.3 is 0 Å². The summed E-state index contributed by atoms with van der Waals surface area (Å²) in [6.45, 7) is 8.67. The van der Waals surface area contributed by atoms with E-state index >= 15 is 0 Å². The van der Waals surface area contributed by atoms with E-state index in [9.17, 15) is 8.42 Å². The van der Waals surface area contributed by atoms with Crippen LogP contribution in [0.1, 0.15) is 43.4 Å². The Labute approximate surface area is 122 Å². The van der Waals surface area contributed by atoms with Gasteiger partial charge in [0.05, 0.1) is 4.90 Å². The highest BCUT2D eigenvalue weighted by Crippen LogP contribution is 2.25. The van der Waals surface area contributed by atoms with E-state index in [1.807, 2.05) is 13.8 Å². The maximum Gasteiger partial charge on any atom is 0.241 e. The number of hydrogen-bond acceptors (Lipinski definition) is 3. The van der Waals surface area contributed by atoms with Crippen molar-refractivity contribution in [2.45, 2.75) is 64.1 Å². The van der Waals surface area contributed by atoms with Crippen molar-refractivity contribution in [2.75, 3.05) is 0 Å². The molecule has 0 saturated heterocycles. The second-order valence-electron chi connectivity index (χ2n) is 5.97. The third-order valence-electron chi connectivity index (χ3n) is 3.58. The van der Waals surface area contributed by atoms with Crippen LogP contribution in [0.4, 0.5) is 0 Å². The standard InChI is InChI=1S/C15H24N2O2S/c1-10(2)16-9-13-7-11(3)12(4)15(8-13)20(18,19)17-14-5-6-14/h7-8,10,14,16-17H,5-6,9H2,1-4H3. The molecule has 1 aliphatic rings. The Hall–Kier alpha value is -0.910. The maximum absolute atomic E-state index is 12.4. The van der Waals surface area contributed by atoms with E-state index in [4.69, 9.17) is 0 Å². The van der Waals surface area contributed by atoms with Gasteiger partial charge < -0.3 is 5.32 Å². The molecule has 2 N–H and O–H groups in total. The Morgan fingerprint density at radius 3 is 2.45 bits per heavy atom. The highest BCUT2D eigenvalue weighted by Gasteiger charge is 2.29. The van der Waals surface area contributed by atoms with Crippen LogP contribution in [0.5, 0.6) is 0 Å². The smallest absolute Gasteiger partial charge is 0.241 e. The van der Waals surface area contributed by atoms with Gasteiger partial charge in [-0.15, -0.1) is 0 Å². The number of hydrogen-bond donors (Lipinski definition) is 2. The first-order chi connectivity index (χ1) is 9.29. The molecule has 0 amide bonds. The fourth-order valence-electron chi connectivity index (χ4n) is 2.09. The van der Waals surface area contributed by atoms with Crippen LogP contribution in [0.15, 0.2) is 17.0 Å². The molecular formula is C15H24N2O2S. The topological polar surface area (TPSA) is 58.2 Å². The van der Waals surface area contributed by atoms with Gasteiger partial charge in [-0.1, -0.05) is 19.9 Å². The molecule has 2 rings (SSSR count). The molecular weight excluding hydrogens is 272 g/mol. The third kappa shape index (κ3) is 3.81. The van der Waals surface area contributed by atoms with Crippen molar-refractivity contribution in [3.05, 3.63) is 28.8 Å². The Bertz CT molecular complexity index is 590. The lowest BCUT2D eigenvalue weighted by Crippen LogP contribution is -2.27. The predicted molar refractivity (Wildman–Crippen MR) is 81.2 cm³/mol. The minimum atomic E-state index is -3.39. The zero-order valence-corrected chi connectivity index (χ0v) is 13.5. The largest absolute Gasteiger partial charge is 0.310 e. The van der Waals surface area contributed by atoms with Gasteiger partial charge in [-0.25, -0.2) is 13.1 Å². The molecule has 4 nitrogen and oxygen atoms in total. The molecule has 0 spiro atoms. The molecule has 0 bridgehead atoms. The first-order valence-electron chi connectivity index (χ1n) is 7.15. The quantitative estimate of drug-likeness (QED) is 0.846. The highest BCUT2D eigenvalue weighted by molar-refractivity contribution is 7.89. The van der Waals surface area contributed by atoms with Gasteiger partial charge in [-0.3, -0.25) is 0 Å². The Morgan fingerprint density at radius 2 is 1.90 bits per heavy atom. The molecule has 1 saturated carbocycles. The molecule has 5 heteroatoms. The van der Waals surface area contributed by atoms with Gasteiger partial charge in [-0.05, 0) is 49.4 Å². The van der Waals surface area contributed by atoms with Gasteiger partial charge in [0.15, 0.2) is 0 Å². The van der Waals surface area contributed by atoms with Gasteiger partial charge in [-0.2, -0.15) is 0 Å². The molecule has 0 unspecified atom stereocenters. The molecule has 0 radical (unpaired) electrons. The summed E-state index contributed by atoms with van der Waals surface area (Å²) in [7, 11) is -3.39. The zero-order chi connectivity index (χ0) is 14.9. The summed E-state index contributed by atoms with van der Waals surface area (Å²) >= 11 is 0. The summed E-state index contributed by atoms with van der Waals surface area (Å²) in [5.74, 6) is 0. The first kappa shape index (κ1) is 15.5. The summed E-state index contributed by atoms with van der Waals surface area (Å²) in [5.41, 5.74) is 2.87. The second kappa shape index (κ2) is 5.84. The van der Waals surface area contributed by atoms with Crippen LogP contribution >= 0.6 is 0 Å². The lowest BCUT2D eigenvalue weighted by molar-refractivity contribution is 0.577. The Kier molecular flexibility index (Phi) is 4.52. The van der Waals surface area contributed by atoms with Gasteiger partial charge in [0.2, 0.25) is 10.0 Å². The molecule has 112 valence electrons. The van der Waals surface area contributed by atoms with Crippen LogP contribution in [-0.4, -0.2) is 20.5 Å². The molecule has 0 aromatic heterocycles. The van der Waals surface area contributed by atoms with Crippen LogP contribution in [0.3, 0.4) is 0 Å². The van der Waals surface area contributed by atoms with Crippen molar-refractivity contribution in [1.29, 1.82) is 0 Å². The van der Waals surface area contributed by atoms with Crippen LogP contribution in [-0.2, 0) is 16.6 Å². The third-order valence-corrected chi connectivity index (χ3v) is 5.23. The normalized spacial score (nSPS) is 15.8. The van der Waals surface area contributed by atoms with Crippen molar-refractivity contribution < 1.29 is 8.42 Å². The second-order valence-corrected chi connectivity index (χ2v) is 7.65. The molecule has 1 aromatic rings. The maximum atomic E-state index is 12.4. The Balaban J connectivity index is 2.30. The SMILES string of the molecule is Cc1cc(CNC(C)C)cc(S(=O)(=O)NC2CC2)c1C. The number of aryl methyl sites for hydroxylation is 1. The van der Waals surface area contributed by atoms with Crippen molar-refractivity contribution in [3.8, 4) is 0 Å². The van der Waals surface area contributed by atoms with E-state index in [1.165, 1.54) is 0 Å². The van der Waals surface area contributed by atoms with Gasteiger partial charge in [0.25, 0.3) is 0 Å². The predicted octanol–water partition coefficient (Wildman–Crippen LogP) is 2.24. The highest BCUT2D eigenvalue weighted by atomic mass is 32.2. The average Bonchev–Trinajstić information content (AvgIpc) is 3.13. The summed E-state index contributed by atoms with van der Waals surface area (Å²) in [6.07, 6.45) is 1.90. The summed E-state index contributed by atoms with van der Waals surface area (Å²) in [5, 5.41) is 3.33. The van der Waals surface area contributed by atoms with E-state index in [0.717, 1.165) is 29.5 Å². The molecule has 0 heterocycles. The fraction of sp³-hybridized carbons (Fsp3) is 0.600. The van der Waals surface area contributed by atoms with Crippen molar-refractivity contribution >= 4 is 10.0 Å². The van der Waals surface area contributed by atoms with Crippen molar-refractivity contribution in [1.82, 2.24) is 10.0 Å². The minimum Gasteiger partial charge on any atom is -0.310 e. The Morgan fingerprint density at radius 1 is 1.25 bits per heavy atom. The minimum absolute atomic E-state index is 0.136. The number of benzene rings is 1. The molecule has 0 atom stereocenters.